The number of carbonyl (C=O) groups is 1. The number of nitrogens with zero attached hydrogens (tertiary/aromatic N) is 1. The van der Waals surface area contributed by atoms with Crippen LogP contribution in [0.1, 0.15) is 18.1 Å². The van der Waals surface area contributed by atoms with Crippen LogP contribution in [0.15, 0.2) is 18.2 Å². The molecule has 0 aromatic heterocycles. The number of nitro benzene ring substituents is 1. The summed E-state index contributed by atoms with van der Waals surface area (Å²) in [5, 5.41) is 10.7. The third kappa shape index (κ3) is 3.02. The van der Waals surface area contributed by atoms with Gasteiger partial charge in [-0.15, -0.1) is 0 Å². The standard InChI is InChI=1S/C10H8F3NO3/c1-6(15)5-7-3-2-4-8(10(11,12)13)9(7)14(16)17/h2-4H,5H2,1H3. The van der Waals surface area contributed by atoms with Gasteiger partial charge in [0.05, 0.1) is 4.92 Å². The minimum atomic E-state index is -4.81. The van der Waals surface area contributed by atoms with Crippen LogP contribution in [0, 0.1) is 10.1 Å². The molecule has 0 aliphatic carbocycles. The van der Waals surface area contributed by atoms with Crippen LogP contribution < -0.4 is 0 Å². The molecular formula is C10H8F3NO3. The SMILES string of the molecule is CC(=O)Cc1cccc(C(F)(F)F)c1[N+](=O)[O-]. The quantitative estimate of drug-likeness (QED) is 0.609. The van der Waals surface area contributed by atoms with Crippen molar-refractivity contribution in [2.45, 2.75) is 19.5 Å². The third-order valence-corrected chi connectivity index (χ3v) is 2.05. The van der Waals surface area contributed by atoms with E-state index in [0.717, 1.165) is 19.1 Å². The van der Waals surface area contributed by atoms with Gasteiger partial charge in [0, 0.05) is 12.0 Å². The van der Waals surface area contributed by atoms with Crippen LogP contribution in [0.2, 0.25) is 0 Å². The predicted octanol–water partition coefficient (Wildman–Crippen LogP) is 2.75. The van der Waals surface area contributed by atoms with Gasteiger partial charge in [0.15, 0.2) is 0 Å². The lowest BCUT2D eigenvalue weighted by Crippen LogP contribution is -2.12. The maximum atomic E-state index is 12.5. The maximum absolute atomic E-state index is 12.5. The van der Waals surface area contributed by atoms with Crippen LogP contribution in [0.4, 0.5) is 18.9 Å². The summed E-state index contributed by atoms with van der Waals surface area (Å²) in [4.78, 5) is 20.4. The van der Waals surface area contributed by atoms with E-state index in [1.165, 1.54) is 0 Å². The van der Waals surface area contributed by atoms with Gasteiger partial charge in [-0.1, -0.05) is 12.1 Å². The van der Waals surface area contributed by atoms with Gasteiger partial charge in [0.1, 0.15) is 11.3 Å². The molecule has 1 rings (SSSR count). The summed E-state index contributed by atoms with van der Waals surface area (Å²) in [6.07, 6.45) is -5.20. The molecule has 0 atom stereocenters. The summed E-state index contributed by atoms with van der Waals surface area (Å²) in [6.45, 7) is 1.16. The molecule has 0 saturated heterocycles. The molecule has 0 amide bonds. The molecule has 0 aliphatic heterocycles. The van der Waals surface area contributed by atoms with Crippen LogP contribution in [-0.2, 0) is 17.4 Å². The Morgan fingerprint density at radius 2 is 2.00 bits per heavy atom. The number of ketones is 1. The first-order valence-corrected chi connectivity index (χ1v) is 4.56. The van der Waals surface area contributed by atoms with Crippen molar-refractivity contribution in [2.75, 3.05) is 0 Å². The van der Waals surface area contributed by atoms with E-state index in [0.29, 0.717) is 6.07 Å². The number of Topliss-reactive ketones (excluding diaryl/α,β-unsaturated/α-hetero) is 1. The molecule has 0 saturated carbocycles. The van der Waals surface area contributed by atoms with E-state index in [9.17, 15) is 28.1 Å². The highest BCUT2D eigenvalue weighted by Gasteiger charge is 2.39. The molecule has 0 aliphatic rings. The average molecular weight is 247 g/mol. The van der Waals surface area contributed by atoms with Crippen molar-refractivity contribution in [3.8, 4) is 0 Å². The Bertz CT molecular complexity index is 468. The predicted molar refractivity (Wildman–Crippen MR) is 52.5 cm³/mol. The lowest BCUT2D eigenvalue weighted by atomic mass is 10.0. The zero-order valence-corrected chi connectivity index (χ0v) is 8.75. The number of nitro groups is 1. The summed E-state index contributed by atoms with van der Waals surface area (Å²) in [6, 6.07) is 2.82. The van der Waals surface area contributed by atoms with E-state index in [-0.39, 0.29) is 12.0 Å². The van der Waals surface area contributed by atoms with E-state index in [1.807, 2.05) is 0 Å². The summed E-state index contributed by atoms with van der Waals surface area (Å²) in [5.41, 5.74) is -2.60. The highest BCUT2D eigenvalue weighted by Crippen LogP contribution is 2.37. The maximum Gasteiger partial charge on any atom is 0.423 e. The fourth-order valence-electron chi connectivity index (χ4n) is 1.45. The molecule has 0 heterocycles. The summed E-state index contributed by atoms with van der Waals surface area (Å²) in [5.74, 6) is -0.438. The molecule has 4 nitrogen and oxygen atoms in total. The van der Waals surface area contributed by atoms with Crippen LogP contribution in [0.25, 0.3) is 0 Å². The highest BCUT2D eigenvalue weighted by atomic mass is 19.4. The Labute approximate surface area is 94.2 Å². The molecule has 0 spiro atoms. The number of benzene rings is 1. The van der Waals surface area contributed by atoms with E-state index in [4.69, 9.17) is 0 Å². The van der Waals surface area contributed by atoms with E-state index in [2.05, 4.69) is 0 Å². The van der Waals surface area contributed by atoms with Crippen molar-refractivity contribution in [2.24, 2.45) is 0 Å². The van der Waals surface area contributed by atoms with Crippen molar-refractivity contribution in [3.63, 3.8) is 0 Å². The smallest absolute Gasteiger partial charge is 0.300 e. The van der Waals surface area contributed by atoms with Crippen molar-refractivity contribution in [1.82, 2.24) is 0 Å². The lowest BCUT2D eigenvalue weighted by Gasteiger charge is -2.09. The topological polar surface area (TPSA) is 60.2 Å². The van der Waals surface area contributed by atoms with Crippen molar-refractivity contribution >= 4 is 11.5 Å². The lowest BCUT2D eigenvalue weighted by molar-refractivity contribution is -0.388. The number of hydrogen-bond donors (Lipinski definition) is 0. The van der Waals surface area contributed by atoms with Crippen LogP contribution in [0.3, 0.4) is 0 Å². The van der Waals surface area contributed by atoms with E-state index >= 15 is 0 Å². The molecule has 1 aromatic carbocycles. The Hall–Kier alpha value is -1.92. The van der Waals surface area contributed by atoms with E-state index < -0.39 is 28.1 Å². The number of alkyl halides is 3. The zero-order valence-electron chi connectivity index (χ0n) is 8.75. The Morgan fingerprint density at radius 3 is 2.41 bits per heavy atom. The Morgan fingerprint density at radius 1 is 1.41 bits per heavy atom. The zero-order chi connectivity index (χ0) is 13.2. The first kappa shape index (κ1) is 13.1. The van der Waals surface area contributed by atoms with Crippen molar-refractivity contribution in [1.29, 1.82) is 0 Å². The van der Waals surface area contributed by atoms with Gasteiger partial charge < -0.3 is 0 Å². The number of para-hydroxylation sites is 1. The fraction of sp³-hybridized carbons (Fsp3) is 0.300. The first-order chi connectivity index (χ1) is 7.73. The second-order valence-corrected chi connectivity index (χ2v) is 3.45. The van der Waals surface area contributed by atoms with Gasteiger partial charge in [-0.2, -0.15) is 13.2 Å². The van der Waals surface area contributed by atoms with Crippen LogP contribution in [0.5, 0.6) is 0 Å². The second kappa shape index (κ2) is 4.52. The van der Waals surface area contributed by atoms with Crippen LogP contribution >= 0.6 is 0 Å². The first-order valence-electron chi connectivity index (χ1n) is 4.56. The number of rotatable bonds is 3. The largest absolute Gasteiger partial charge is 0.423 e. The monoisotopic (exact) mass is 247 g/mol. The minimum Gasteiger partial charge on any atom is -0.300 e. The minimum absolute atomic E-state index is 0.225. The van der Waals surface area contributed by atoms with Gasteiger partial charge in [-0.05, 0) is 13.0 Å². The molecule has 0 fully saturated rings. The molecule has 0 unspecified atom stereocenters. The summed E-state index contributed by atoms with van der Waals surface area (Å²) >= 11 is 0. The van der Waals surface area contributed by atoms with Crippen molar-refractivity contribution < 1.29 is 22.9 Å². The number of hydrogen-bond acceptors (Lipinski definition) is 3. The van der Waals surface area contributed by atoms with Crippen LogP contribution in [-0.4, -0.2) is 10.7 Å². The summed E-state index contributed by atoms with van der Waals surface area (Å²) < 4.78 is 37.6. The number of carbonyl (C=O) groups excluding carboxylic acids is 1. The molecule has 0 N–H and O–H groups in total. The Kier molecular flexibility index (Phi) is 3.50. The summed E-state index contributed by atoms with van der Waals surface area (Å²) in [7, 11) is 0. The van der Waals surface area contributed by atoms with Gasteiger partial charge in [0.25, 0.3) is 5.69 Å². The average Bonchev–Trinajstić information content (AvgIpc) is 2.14. The molecule has 7 heteroatoms. The van der Waals surface area contributed by atoms with Crippen molar-refractivity contribution in [3.05, 3.63) is 39.4 Å². The second-order valence-electron chi connectivity index (χ2n) is 3.45. The number of halogens is 3. The molecule has 0 radical (unpaired) electrons. The molecule has 17 heavy (non-hydrogen) atoms. The molecule has 92 valence electrons. The van der Waals surface area contributed by atoms with Gasteiger partial charge in [-0.25, -0.2) is 0 Å². The fourth-order valence-corrected chi connectivity index (χ4v) is 1.45. The Balaban J connectivity index is 3.43. The molecular weight excluding hydrogens is 239 g/mol. The van der Waals surface area contributed by atoms with Gasteiger partial charge in [0.2, 0.25) is 0 Å². The molecule has 1 aromatic rings. The van der Waals surface area contributed by atoms with Gasteiger partial charge in [-0.3, -0.25) is 14.9 Å². The normalized spacial score (nSPS) is 11.3. The molecule has 0 bridgehead atoms. The third-order valence-electron chi connectivity index (χ3n) is 2.05. The highest BCUT2D eigenvalue weighted by molar-refractivity contribution is 5.79. The van der Waals surface area contributed by atoms with E-state index in [1.54, 1.807) is 0 Å². The van der Waals surface area contributed by atoms with Gasteiger partial charge >= 0.3 is 6.18 Å².